The summed E-state index contributed by atoms with van der Waals surface area (Å²) in [6, 6.07) is 11.6. The maximum absolute atomic E-state index is 13.0. The third-order valence-corrected chi connectivity index (χ3v) is 7.48. The number of sulfonamides is 1. The summed E-state index contributed by atoms with van der Waals surface area (Å²) >= 11 is 1.14. The number of rotatable bonds is 8. The van der Waals surface area contributed by atoms with Crippen LogP contribution in [0.3, 0.4) is 0 Å². The maximum atomic E-state index is 13.0. The fraction of sp³-hybridized carbons (Fsp3) is 0.389. The minimum atomic E-state index is -3.77. The molecule has 2 atom stereocenters. The number of ether oxygens (including phenoxy) is 2. The first-order valence-corrected chi connectivity index (χ1v) is 10.9. The van der Waals surface area contributed by atoms with Crippen molar-refractivity contribution in [3.8, 4) is 5.75 Å². The van der Waals surface area contributed by atoms with Crippen molar-refractivity contribution in [2.45, 2.75) is 22.8 Å². The van der Waals surface area contributed by atoms with Gasteiger partial charge < -0.3 is 14.8 Å². The van der Waals surface area contributed by atoms with Gasteiger partial charge in [0.2, 0.25) is 5.91 Å². The highest BCUT2D eigenvalue weighted by atomic mass is 32.2. The molecule has 1 aliphatic heterocycles. The van der Waals surface area contributed by atoms with Crippen LogP contribution in [0.25, 0.3) is 0 Å². The second kappa shape index (κ2) is 8.83. The summed E-state index contributed by atoms with van der Waals surface area (Å²) in [4.78, 5) is 12.6. The Kier molecular flexibility index (Phi) is 6.48. The Hall–Kier alpha value is -1.94. The lowest BCUT2D eigenvalue weighted by Gasteiger charge is -2.22. The van der Waals surface area contributed by atoms with Crippen molar-refractivity contribution in [1.29, 1.82) is 0 Å². The molecule has 1 aliphatic rings. The predicted octanol–water partition coefficient (Wildman–Crippen LogP) is 1.72. The van der Waals surface area contributed by atoms with Crippen LogP contribution < -0.4 is 10.1 Å². The lowest BCUT2D eigenvalue weighted by atomic mass is 10.2. The molecule has 1 N–H and O–H groups in total. The van der Waals surface area contributed by atoms with Crippen molar-refractivity contribution >= 4 is 27.3 Å². The molecule has 3 rings (SSSR count). The van der Waals surface area contributed by atoms with E-state index in [-0.39, 0.29) is 23.1 Å². The Labute approximate surface area is 163 Å². The zero-order valence-corrected chi connectivity index (χ0v) is 16.5. The van der Waals surface area contributed by atoms with Gasteiger partial charge in [-0.1, -0.05) is 24.3 Å². The number of para-hydroxylation sites is 1. The molecule has 0 spiro atoms. The highest BCUT2D eigenvalue weighted by Crippen LogP contribution is 2.30. The van der Waals surface area contributed by atoms with Crippen LogP contribution in [0.4, 0.5) is 0 Å². The Bertz CT molecular complexity index is 840. The average Bonchev–Trinajstić information content (AvgIpc) is 3.33. The van der Waals surface area contributed by atoms with E-state index in [1.165, 1.54) is 4.31 Å². The Balaban J connectivity index is 1.80. The lowest BCUT2D eigenvalue weighted by molar-refractivity contribution is -0.124. The number of hydrogen-bond donors (Lipinski definition) is 1. The Morgan fingerprint density at radius 2 is 2.04 bits per heavy atom. The van der Waals surface area contributed by atoms with Gasteiger partial charge in [-0.3, -0.25) is 4.79 Å². The van der Waals surface area contributed by atoms with Crippen LogP contribution in [0.1, 0.15) is 6.42 Å². The molecule has 1 saturated heterocycles. The second-order valence-corrected chi connectivity index (χ2v) is 9.16. The van der Waals surface area contributed by atoms with Gasteiger partial charge in [0, 0.05) is 20.1 Å². The van der Waals surface area contributed by atoms with E-state index >= 15 is 0 Å². The highest BCUT2D eigenvalue weighted by molar-refractivity contribution is 7.91. The van der Waals surface area contributed by atoms with Gasteiger partial charge >= 0.3 is 0 Å². The third kappa shape index (κ3) is 4.67. The predicted molar refractivity (Wildman–Crippen MR) is 102 cm³/mol. The van der Waals surface area contributed by atoms with Crippen molar-refractivity contribution in [2.75, 3.05) is 26.8 Å². The number of hydrogen-bond acceptors (Lipinski definition) is 6. The normalized spacial score (nSPS) is 20.5. The van der Waals surface area contributed by atoms with Crippen molar-refractivity contribution in [2.24, 2.45) is 0 Å². The van der Waals surface area contributed by atoms with Crippen molar-refractivity contribution in [3.05, 3.63) is 47.8 Å². The standard InChI is InChI=1S/C18H22N2O5S2/c1-24-10-9-19-18(21)16-12-15(25-14-6-3-2-4-7-14)13-20(16)27(22,23)17-8-5-11-26-17/h2-8,11,15-16H,9-10,12-13H2,1H3,(H,19,21)/t15-,16-/m0/s1. The minimum absolute atomic E-state index is 0.123. The molecule has 0 aliphatic carbocycles. The molecule has 2 aromatic rings. The average molecular weight is 411 g/mol. The Morgan fingerprint density at radius 3 is 2.70 bits per heavy atom. The van der Waals surface area contributed by atoms with Gasteiger partial charge in [-0.05, 0) is 23.6 Å². The highest BCUT2D eigenvalue weighted by Gasteiger charge is 2.45. The van der Waals surface area contributed by atoms with Gasteiger partial charge in [0.05, 0.1) is 13.2 Å². The zero-order chi connectivity index (χ0) is 19.3. The topological polar surface area (TPSA) is 84.9 Å². The van der Waals surface area contributed by atoms with Gasteiger partial charge in [0.15, 0.2) is 0 Å². The lowest BCUT2D eigenvalue weighted by Crippen LogP contribution is -2.46. The van der Waals surface area contributed by atoms with E-state index < -0.39 is 22.2 Å². The van der Waals surface area contributed by atoms with E-state index in [1.807, 2.05) is 30.3 Å². The fourth-order valence-electron chi connectivity index (χ4n) is 2.97. The van der Waals surface area contributed by atoms with E-state index in [0.29, 0.717) is 18.9 Å². The number of amides is 1. The summed E-state index contributed by atoms with van der Waals surface area (Å²) < 4.78 is 38.3. The van der Waals surface area contributed by atoms with E-state index in [9.17, 15) is 13.2 Å². The van der Waals surface area contributed by atoms with Crippen molar-refractivity contribution in [1.82, 2.24) is 9.62 Å². The summed E-state index contributed by atoms with van der Waals surface area (Å²) in [5.41, 5.74) is 0. The van der Waals surface area contributed by atoms with Gasteiger partial charge in [0.25, 0.3) is 10.0 Å². The molecule has 0 unspecified atom stereocenters. The smallest absolute Gasteiger partial charge is 0.253 e. The number of nitrogens with zero attached hydrogens (tertiary/aromatic N) is 1. The largest absolute Gasteiger partial charge is 0.489 e. The number of nitrogens with one attached hydrogen (secondary N) is 1. The zero-order valence-electron chi connectivity index (χ0n) is 14.9. The monoisotopic (exact) mass is 410 g/mol. The van der Waals surface area contributed by atoms with Crippen LogP contribution in [0.5, 0.6) is 5.75 Å². The van der Waals surface area contributed by atoms with E-state index in [0.717, 1.165) is 11.3 Å². The Morgan fingerprint density at radius 1 is 1.26 bits per heavy atom. The first kappa shape index (κ1) is 19.8. The van der Waals surface area contributed by atoms with E-state index in [1.54, 1.807) is 24.6 Å². The summed E-state index contributed by atoms with van der Waals surface area (Å²) in [6.07, 6.45) is -0.112. The molecule has 27 heavy (non-hydrogen) atoms. The first-order chi connectivity index (χ1) is 13.0. The molecule has 1 aromatic heterocycles. The third-order valence-electron chi connectivity index (χ3n) is 4.23. The number of thiophene rings is 1. The molecule has 146 valence electrons. The van der Waals surface area contributed by atoms with E-state index in [2.05, 4.69) is 5.32 Å². The van der Waals surface area contributed by atoms with Crippen LogP contribution in [-0.2, 0) is 19.6 Å². The molecule has 0 bridgehead atoms. The summed E-state index contributed by atoms with van der Waals surface area (Å²) in [7, 11) is -2.22. The number of carbonyl (C=O) groups is 1. The maximum Gasteiger partial charge on any atom is 0.253 e. The van der Waals surface area contributed by atoms with Crippen molar-refractivity contribution in [3.63, 3.8) is 0 Å². The molecular weight excluding hydrogens is 388 g/mol. The number of carbonyl (C=O) groups excluding carboxylic acids is 1. The van der Waals surface area contributed by atoms with Crippen LogP contribution >= 0.6 is 11.3 Å². The summed E-state index contributed by atoms with van der Waals surface area (Å²) in [5, 5.41) is 4.44. The molecule has 9 heteroatoms. The van der Waals surface area contributed by atoms with Gasteiger partial charge in [-0.15, -0.1) is 11.3 Å². The molecule has 1 aromatic carbocycles. The molecular formula is C18H22N2O5S2. The minimum Gasteiger partial charge on any atom is -0.489 e. The molecule has 1 fully saturated rings. The molecule has 0 radical (unpaired) electrons. The van der Waals surface area contributed by atoms with Crippen molar-refractivity contribution < 1.29 is 22.7 Å². The summed E-state index contributed by atoms with van der Waals surface area (Å²) in [6.45, 7) is 0.806. The van der Waals surface area contributed by atoms with Gasteiger partial charge in [-0.2, -0.15) is 4.31 Å². The van der Waals surface area contributed by atoms with Crippen LogP contribution in [0.15, 0.2) is 52.1 Å². The molecule has 0 saturated carbocycles. The van der Waals surface area contributed by atoms with Crippen LogP contribution in [0, 0.1) is 0 Å². The summed E-state index contributed by atoms with van der Waals surface area (Å²) in [5.74, 6) is 0.308. The SMILES string of the molecule is COCCNC(=O)[C@@H]1C[C@H](Oc2ccccc2)CN1S(=O)(=O)c1cccs1. The molecule has 2 heterocycles. The van der Waals surface area contributed by atoms with E-state index in [4.69, 9.17) is 9.47 Å². The second-order valence-electron chi connectivity index (χ2n) is 6.10. The number of methoxy groups -OCH3 is 1. The molecule has 1 amide bonds. The molecule has 7 nitrogen and oxygen atoms in total. The van der Waals surface area contributed by atoms with Gasteiger partial charge in [-0.25, -0.2) is 8.42 Å². The first-order valence-electron chi connectivity index (χ1n) is 8.56. The van der Waals surface area contributed by atoms with Gasteiger partial charge in [0.1, 0.15) is 22.1 Å². The fourth-order valence-corrected chi connectivity index (χ4v) is 5.72. The van der Waals surface area contributed by atoms with Crippen LogP contribution in [-0.4, -0.2) is 57.6 Å². The van der Waals surface area contributed by atoms with Crippen LogP contribution in [0.2, 0.25) is 0 Å². The number of benzene rings is 1. The quantitative estimate of drug-likeness (QED) is 0.670.